The third-order valence-corrected chi connectivity index (χ3v) is 3.89. The summed E-state index contributed by atoms with van der Waals surface area (Å²) in [6.07, 6.45) is 1.08. The molecule has 0 spiro atoms. The maximum Gasteiger partial charge on any atom is 0.0753 e. The summed E-state index contributed by atoms with van der Waals surface area (Å²) >= 11 is 0. The highest BCUT2D eigenvalue weighted by atomic mass is 16.5. The Morgan fingerprint density at radius 1 is 1.32 bits per heavy atom. The van der Waals surface area contributed by atoms with Crippen LogP contribution in [0.1, 0.15) is 37.9 Å². The first-order valence-electron chi connectivity index (χ1n) is 7.22. The highest BCUT2D eigenvalue weighted by Gasteiger charge is 2.31. The van der Waals surface area contributed by atoms with Crippen LogP contribution in [0.4, 0.5) is 0 Å². The maximum atomic E-state index is 6.01. The van der Waals surface area contributed by atoms with Gasteiger partial charge < -0.3 is 10.5 Å². The summed E-state index contributed by atoms with van der Waals surface area (Å²) < 4.78 is 5.78. The van der Waals surface area contributed by atoms with E-state index in [2.05, 4.69) is 49.9 Å². The minimum Gasteiger partial charge on any atom is -0.373 e. The summed E-state index contributed by atoms with van der Waals surface area (Å²) in [5, 5.41) is 0. The highest BCUT2D eigenvalue weighted by molar-refractivity contribution is 5.25. The predicted octanol–water partition coefficient (Wildman–Crippen LogP) is 2.36. The minimum absolute atomic E-state index is 0.0744. The Labute approximate surface area is 116 Å². The van der Waals surface area contributed by atoms with Crippen molar-refractivity contribution in [2.75, 3.05) is 26.2 Å². The van der Waals surface area contributed by atoms with Crippen LogP contribution in [-0.4, -0.2) is 36.7 Å². The third kappa shape index (κ3) is 3.56. The molecular weight excluding hydrogens is 236 g/mol. The summed E-state index contributed by atoms with van der Waals surface area (Å²) in [4.78, 5) is 2.45. The van der Waals surface area contributed by atoms with E-state index in [9.17, 15) is 0 Å². The van der Waals surface area contributed by atoms with Crippen LogP contribution in [0, 0.1) is 0 Å². The SMILES string of the molecule is CCc1ccc(C(CN)N2CCOC(C)(C)C2)cc1. The van der Waals surface area contributed by atoms with Crippen LogP contribution >= 0.6 is 0 Å². The van der Waals surface area contributed by atoms with E-state index in [1.165, 1.54) is 11.1 Å². The van der Waals surface area contributed by atoms with Crippen LogP contribution in [0.15, 0.2) is 24.3 Å². The van der Waals surface area contributed by atoms with Crippen molar-refractivity contribution in [2.24, 2.45) is 5.73 Å². The Balaban J connectivity index is 2.14. The summed E-state index contributed by atoms with van der Waals surface area (Å²) in [6.45, 7) is 9.81. The molecule has 19 heavy (non-hydrogen) atoms. The Kier molecular flexibility index (Phi) is 4.61. The molecule has 1 saturated heterocycles. The zero-order chi connectivity index (χ0) is 13.9. The number of morpholine rings is 1. The molecule has 0 aliphatic carbocycles. The topological polar surface area (TPSA) is 38.5 Å². The van der Waals surface area contributed by atoms with Gasteiger partial charge >= 0.3 is 0 Å². The lowest BCUT2D eigenvalue weighted by molar-refractivity contribution is -0.0967. The van der Waals surface area contributed by atoms with Gasteiger partial charge in [-0.25, -0.2) is 0 Å². The summed E-state index contributed by atoms with van der Waals surface area (Å²) in [6, 6.07) is 9.17. The molecule has 1 aliphatic rings. The van der Waals surface area contributed by atoms with Gasteiger partial charge in [0.1, 0.15) is 0 Å². The van der Waals surface area contributed by atoms with Gasteiger partial charge in [0.15, 0.2) is 0 Å². The van der Waals surface area contributed by atoms with E-state index in [-0.39, 0.29) is 5.60 Å². The van der Waals surface area contributed by atoms with Crippen LogP contribution in [0.3, 0.4) is 0 Å². The molecule has 3 heteroatoms. The molecule has 3 nitrogen and oxygen atoms in total. The molecule has 0 radical (unpaired) electrons. The standard InChI is InChI=1S/C16H26N2O/c1-4-13-5-7-14(8-6-13)15(11-17)18-9-10-19-16(2,3)12-18/h5-8,15H,4,9-12,17H2,1-3H3. The molecule has 0 aromatic heterocycles. The quantitative estimate of drug-likeness (QED) is 0.905. The second kappa shape index (κ2) is 6.04. The second-order valence-electron chi connectivity index (χ2n) is 5.93. The van der Waals surface area contributed by atoms with E-state index in [4.69, 9.17) is 10.5 Å². The van der Waals surface area contributed by atoms with Crippen molar-refractivity contribution in [1.82, 2.24) is 4.90 Å². The second-order valence-corrected chi connectivity index (χ2v) is 5.93. The first-order valence-corrected chi connectivity index (χ1v) is 7.22. The van der Waals surface area contributed by atoms with Gasteiger partial charge in [-0.2, -0.15) is 0 Å². The van der Waals surface area contributed by atoms with Gasteiger partial charge in [0.2, 0.25) is 0 Å². The van der Waals surface area contributed by atoms with Gasteiger partial charge in [-0.15, -0.1) is 0 Å². The van der Waals surface area contributed by atoms with E-state index in [0.29, 0.717) is 12.6 Å². The lowest BCUT2D eigenvalue weighted by Gasteiger charge is -2.42. The Hall–Kier alpha value is -0.900. The first kappa shape index (κ1) is 14.5. The Morgan fingerprint density at radius 3 is 2.53 bits per heavy atom. The summed E-state index contributed by atoms with van der Waals surface area (Å²) in [5.41, 5.74) is 8.63. The number of hydrogen-bond donors (Lipinski definition) is 1. The smallest absolute Gasteiger partial charge is 0.0753 e. The molecule has 2 rings (SSSR count). The molecule has 0 amide bonds. The van der Waals surface area contributed by atoms with Crippen LogP contribution in [0.5, 0.6) is 0 Å². The summed E-state index contributed by atoms with van der Waals surface area (Å²) in [5.74, 6) is 0. The Bertz CT molecular complexity index is 400. The molecule has 1 aromatic carbocycles. The molecule has 1 atom stereocenters. The fourth-order valence-corrected chi connectivity index (χ4v) is 2.79. The molecule has 2 N–H and O–H groups in total. The highest BCUT2D eigenvalue weighted by Crippen LogP contribution is 2.26. The molecular formula is C16H26N2O. The fraction of sp³-hybridized carbons (Fsp3) is 0.625. The van der Waals surface area contributed by atoms with Crippen molar-refractivity contribution < 1.29 is 4.74 Å². The molecule has 0 saturated carbocycles. The number of rotatable bonds is 4. The van der Waals surface area contributed by atoms with Crippen molar-refractivity contribution in [3.63, 3.8) is 0 Å². The largest absolute Gasteiger partial charge is 0.373 e. The number of hydrogen-bond acceptors (Lipinski definition) is 3. The molecule has 0 bridgehead atoms. The molecule has 1 heterocycles. The average molecular weight is 262 g/mol. The van der Waals surface area contributed by atoms with Crippen LogP contribution < -0.4 is 5.73 Å². The maximum absolute atomic E-state index is 6.01. The normalized spacial score (nSPS) is 21.3. The van der Waals surface area contributed by atoms with Gasteiger partial charge in [0.05, 0.1) is 12.2 Å². The van der Waals surface area contributed by atoms with Crippen molar-refractivity contribution in [3.8, 4) is 0 Å². The zero-order valence-corrected chi connectivity index (χ0v) is 12.4. The van der Waals surface area contributed by atoms with Crippen molar-refractivity contribution in [2.45, 2.75) is 38.8 Å². The van der Waals surface area contributed by atoms with Crippen LogP contribution in [0.2, 0.25) is 0 Å². The first-order chi connectivity index (χ1) is 9.05. The molecule has 1 aromatic rings. The number of aryl methyl sites for hydroxylation is 1. The van der Waals surface area contributed by atoms with Crippen molar-refractivity contribution in [1.29, 1.82) is 0 Å². The zero-order valence-electron chi connectivity index (χ0n) is 12.4. The van der Waals surface area contributed by atoms with Gasteiger partial charge in [0.25, 0.3) is 0 Å². The predicted molar refractivity (Wildman–Crippen MR) is 79.2 cm³/mol. The van der Waals surface area contributed by atoms with Crippen molar-refractivity contribution >= 4 is 0 Å². The summed E-state index contributed by atoms with van der Waals surface area (Å²) in [7, 11) is 0. The number of nitrogens with zero attached hydrogens (tertiary/aromatic N) is 1. The van der Waals surface area contributed by atoms with Crippen molar-refractivity contribution in [3.05, 3.63) is 35.4 Å². The van der Waals surface area contributed by atoms with Crippen LogP contribution in [-0.2, 0) is 11.2 Å². The molecule has 1 unspecified atom stereocenters. The van der Waals surface area contributed by atoms with E-state index in [0.717, 1.165) is 26.1 Å². The van der Waals surface area contributed by atoms with Gasteiger partial charge in [-0.3, -0.25) is 4.90 Å². The Morgan fingerprint density at radius 2 is 2.00 bits per heavy atom. The minimum atomic E-state index is -0.0744. The number of benzene rings is 1. The lowest BCUT2D eigenvalue weighted by Crippen LogP contribution is -2.50. The monoisotopic (exact) mass is 262 g/mol. The van der Waals surface area contributed by atoms with E-state index >= 15 is 0 Å². The van der Waals surface area contributed by atoms with Crippen LogP contribution in [0.25, 0.3) is 0 Å². The van der Waals surface area contributed by atoms with E-state index in [1.54, 1.807) is 0 Å². The molecule has 1 fully saturated rings. The molecule has 1 aliphatic heterocycles. The van der Waals surface area contributed by atoms with E-state index < -0.39 is 0 Å². The lowest BCUT2D eigenvalue weighted by atomic mass is 9.99. The fourth-order valence-electron chi connectivity index (χ4n) is 2.79. The van der Waals surface area contributed by atoms with Gasteiger partial charge in [-0.05, 0) is 31.4 Å². The van der Waals surface area contributed by atoms with E-state index in [1.807, 2.05) is 0 Å². The van der Waals surface area contributed by atoms with Gasteiger partial charge in [-0.1, -0.05) is 31.2 Å². The third-order valence-electron chi connectivity index (χ3n) is 3.89. The number of nitrogens with two attached hydrogens (primary N) is 1. The van der Waals surface area contributed by atoms with Gasteiger partial charge in [0, 0.05) is 25.7 Å². The average Bonchev–Trinajstić information content (AvgIpc) is 2.39. The molecule has 106 valence electrons. The number of ether oxygens (including phenoxy) is 1.